The molecular formula is C20H14Cl2F3N5. The number of hydrogen-bond acceptors (Lipinski definition) is 4. The number of alkyl halides is 3. The Balaban J connectivity index is 1.72. The van der Waals surface area contributed by atoms with Crippen molar-refractivity contribution in [3.05, 3.63) is 70.2 Å². The van der Waals surface area contributed by atoms with Crippen LogP contribution in [-0.2, 0) is 5.41 Å². The second kappa shape index (κ2) is 7.49. The first-order valence-electron chi connectivity index (χ1n) is 8.91. The lowest BCUT2D eigenvalue weighted by Crippen LogP contribution is -2.44. The van der Waals surface area contributed by atoms with Gasteiger partial charge in [0.1, 0.15) is 24.1 Å². The lowest BCUT2D eigenvalue weighted by atomic mass is 9.79. The van der Waals surface area contributed by atoms with Crippen molar-refractivity contribution >= 4 is 28.9 Å². The van der Waals surface area contributed by atoms with E-state index >= 15 is 0 Å². The predicted molar refractivity (Wildman–Crippen MR) is 107 cm³/mol. The molecule has 1 aliphatic rings. The summed E-state index contributed by atoms with van der Waals surface area (Å²) in [4.78, 5) is 5.47. The van der Waals surface area contributed by atoms with E-state index in [2.05, 4.69) is 16.2 Å². The maximum atomic E-state index is 14.3. The molecule has 1 atom stereocenters. The lowest BCUT2D eigenvalue weighted by Gasteiger charge is -2.33. The highest BCUT2D eigenvalue weighted by molar-refractivity contribution is 6.34. The molecule has 3 aromatic rings. The Labute approximate surface area is 180 Å². The molecule has 2 heterocycles. The van der Waals surface area contributed by atoms with E-state index in [4.69, 9.17) is 23.2 Å². The van der Waals surface area contributed by atoms with Crippen molar-refractivity contribution < 1.29 is 13.2 Å². The van der Waals surface area contributed by atoms with Gasteiger partial charge in [-0.25, -0.2) is 9.67 Å². The minimum absolute atomic E-state index is 0.0368. The zero-order valence-corrected chi connectivity index (χ0v) is 16.9. The van der Waals surface area contributed by atoms with Crippen molar-refractivity contribution in [3.8, 4) is 11.8 Å². The average molecular weight is 452 g/mol. The van der Waals surface area contributed by atoms with Crippen molar-refractivity contribution in [2.24, 2.45) is 0 Å². The van der Waals surface area contributed by atoms with Crippen LogP contribution in [0.2, 0.25) is 10.0 Å². The van der Waals surface area contributed by atoms with Crippen LogP contribution in [-0.4, -0.2) is 34.0 Å². The van der Waals surface area contributed by atoms with Crippen LogP contribution in [0.15, 0.2) is 49.1 Å². The van der Waals surface area contributed by atoms with Crippen molar-refractivity contribution in [1.82, 2.24) is 14.8 Å². The normalized spacial score (nSPS) is 19.1. The minimum Gasteiger partial charge on any atom is -0.370 e. The molecule has 0 N–H and O–H groups in total. The fourth-order valence-electron chi connectivity index (χ4n) is 3.83. The first kappa shape index (κ1) is 20.5. The molecule has 1 saturated heterocycles. The third-order valence-corrected chi connectivity index (χ3v) is 5.79. The Morgan fingerprint density at radius 1 is 1.10 bits per heavy atom. The molecule has 0 unspecified atom stereocenters. The van der Waals surface area contributed by atoms with Crippen molar-refractivity contribution in [3.63, 3.8) is 0 Å². The summed E-state index contributed by atoms with van der Waals surface area (Å²) in [5.74, 6) is 0. The van der Waals surface area contributed by atoms with Gasteiger partial charge < -0.3 is 4.90 Å². The molecule has 0 bridgehead atoms. The molecule has 1 aliphatic heterocycles. The summed E-state index contributed by atoms with van der Waals surface area (Å²) in [6, 6.07) is 11.0. The van der Waals surface area contributed by atoms with Gasteiger partial charge >= 0.3 is 6.18 Å². The molecule has 5 nitrogen and oxygen atoms in total. The summed E-state index contributed by atoms with van der Waals surface area (Å²) >= 11 is 12.0. The minimum atomic E-state index is -4.51. The molecule has 0 spiro atoms. The zero-order chi connectivity index (χ0) is 21.5. The molecule has 154 valence electrons. The van der Waals surface area contributed by atoms with Crippen molar-refractivity contribution in [2.45, 2.75) is 18.0 Å². The van der Waals surface area contributed by atoms with E-state index in [1.54, 1.807) is 23.1 Å². The van der Waals surface area contributed by atoms with Gasteiger partial charge in [-0.3, -0.25) is 0 Å². The van der Waals surface area contributed by atoms with Crippen LogP contribution in [0, 0.1) is 11.3 Å². The number of anilines is 1. The van der Waals surface area contributed by atoms with E-state index in [0.29, 0.717) is 11.4 Å². The van der Waals surface area contributed by atoms with Gasteiger partial charge in [0, 0.05) is 28.8 Å². The van der Waals surface area contributed by atoms with Gasteiger partial charge in [-0.05, 0) is 48.4 Å². The van der Waals surface area contributed by atoms with Gasteiger partial charge in [0.15, 0.2) is 0 Å². The molecule has 30 heavy (non-hydrogen) atoms. The maximum Gasteiger partial charge on any atom is 0.400 e. The highest BCUT2D eigenvalue weighted by Gasteiger charge is 2.59. The van der Waals surface area contributed by atoms with Crippen LogP contribution in [0.5, 0.6) is 0 Å². The van der Waals surface area contributed by atoms with Crippen LogP contribution in [0.1, 0.15) is 17.5 Å². The molecule has 1 fully saturated rings. The maximum absolute atomic E-state index is 14.3. The molecule has 0 amide bonds. The molecule has 1 aromatic heterocycles. The standard InChI is InChI=1S/C20H14Cl2F3N5/c21-15-6-14(7-16(22)8-15)19(20(23,24)25)3-4-29(10-19)17-1-2-18(13(5-17)9-26)30-12-27-11-28-30/h1-2,5-8,11-12H,3-4,10H2/t19-/m1/s1. The van der Waals surface area contributed by atoms with Crippen LogP contribution < -0.4 is 4.90 Å². The fourth-order valence-corrected chi connectivity index (χ4v) is 4.36. The average Bonchev–Trinajstić information content (AvgIpc) is 3.37. The first-order valence-corrected chi connectivity index (χ1v) is 9.66. The predicted octanol–water partition coefficient (Wildman–Crippen LogP) is 5.16. The Hall–Kier alpha value is -2.76. The molecule has 10 heteroatoms. The number of rotatable bonds is 3. The Morgan fingerprint density at radius 2 is 1.83 bits per heavy atom. The SMILES string of the molecule is N#Cc1cc(N2CC[C@@](c3cc(Cl)cc(Cl)c3)(C(F)(F)F)C2)ccc1-n1cncn1. The molecular weight excluding hydrogens is 438 g/mol. The third-order valence-electron chi connectivity index (χ3n) is 5.36. The topological polar surface area (TPSA) is 57.7 Å². The number of aromatic nitrogens is 3. The lowest BCUT2D eigenvalue weighted by molar-refractivity contribution is -0.184. The summed E-state index contributed by atoms with van der Waals surface area (Å²) in [6.45, 7) is -0.141. The van der Waals surface area contributed by atoms with Crippen molar-refractivity contribution in [1.29, 1.82) is 5.26 Å². The summed E-state index contributed by atoms with van der Waals surface area (Å²) in [5, 5.41) is 13.8. The largest absolute Gasteiger partial charge is 0.400 e. The smallest absolute Gasteiger partial charge is 0.370 e. The number of halogens is 5. The number of benzene rings is 2. The van der Waals surface area contributed by atoms with Crippen LogP contribution in [0.4, 0.5) is 18.9 Å². The van der Waals surface area contributed by atoms with E-state index in [0.717, 1.165) is 0 Å². The quantitative estimate of drug-likeness (QED) is 0.551. The molecule has 4 rings (SSSR count). The van der Waals surface area contributed by atoms with Gasteiger partial charge in [0.25, 0.3) is 0 Å². The number of nitrogens with zero attached hydrogens (tertiary/aromatic N) is 5. The number of hydrogen-bond donors (Lipinski definition) is 0. The fraction of sp³-hybridized carbons (Fsp3) is 0.250. The summed E-state index contributed by atoms with van der Waals surface area (Å²) in [5.41, 5.74) is -0.766. The molecule has 0 radical (unpaired) electrons. The molecule has 0 saturated carbocycles. The van der Waals surface area contributed by atoms with Crippen LogP contribution >= 0.6 is 23.2 Å². The second-order valence-corrected chi connectivity index (χ2v) is 7.94. The van der Waals surface area contributed by atoms with E-state index in [9.17, 15) is 18.4 Å². The highest BCUT2D eigenvalue weighted by atomic mass is 35.5. The molecule has 2 aromatic carbocycles. The summed E-state index contributed by atoms with van der Waals surface area (Å²) < 4.78 is 44.2. The van der Waals surface area contributed by atoms with Gasteiger partial charge in [-0.15, -0.1) is 0 Å². The van der Waals surface area contributed by atoms with E-state index in [-0.39, 0.29) is 40.7 Å². The second-order valence-electron chi connectivity index (χ2n) is 7.06. The van der Waals surface area contributed by atoms with Gasteiger partial charge in [0.05, 0.1) is 11.3 Å². The van der Waals surface area contributed by atoms with Crippen LogP contribution in [0.3, 0.4) is 0 Å². The zero-order valence-electron chi connectivity index (χ0n) is 15.4. The summed E-state index contributed by atoms with van der Waals surface area (Å²) in [7, 11) is 0. The molecule has 0 aliphatic carbocycles. The third kappa shape index (κ3) is 3.48. The van der Waals surface area contributed by atoms with Gasteiger partial charge in [-0.1, -0.05) is 23.2 Å². The Kier molecular flexibility index (Phi) is 5.12. The van der Waals surface area contributed by atoms with E-state index in [1.807, 2.05) is 0 Å². The van der Waals surface area contributed by atoms with Crippen molar-refractivity contribution in [2.75, 3.05) is 18.0 Å². The monoisotopic (exact) mass is 451 g/mol. The van der Waals surface area contributed by atoms with E-state index in [1.165, 1.54) is 35.5 Å². The number of nitriles is 1. The Bertz CT molecular complexity index is 1100. The summed E-state index contributed by atoms with van der Waals surface area (Å²) in [6.07, 6.45) is -1.87. The van der Waals surface area contributed by atoms with Gasteiger partial charge in [0.2, 0.25) is 0 Å². The Morgan fingerprint density at radius 3 is 2.43 bits per heavy atom. The van der Waals surface area contributed by atoms with Gasteiger partial charge in [-0.2, -0.15) is 23.5 Å². The van der Waals surface area contributed by atoms with Crippen LogP contribution in [0.25, 0.3) is 5.69 Å². The highest BCUT2D eigenvalue weighted by Crippen LogP contribution is 2.49. The first-order chi connectivity index (χ1) is 14.2. The van der Waals surface area contributed by atoms with E-state index < -0.39 is 11.6 Å².